The van der Waals surface area contributed by atoms with Gasteiger partial charge in [0.1, 0.15) is 5.82 Å². The highest BCUT2D eigenvalue weighted by molar-refractivity contribution is 6.31. The standard InChI is InChI=1S/C16H23ClFNO/c1-12(20)9-15-5-3-2-4-8-19(15)11-13-10-14(18)6-7-16(13)17/h6-7,10,12,15,20H,2-5,8-9,11H2,1H3. The summed E-state index contributed by atoms with van der Waals surface area (Å²) >= 11 is 6.17. The van der Waals surface area contributed by atoms with Gasteiger partial charge in [0.05, 0.1) is 6.10 Å². The highest BCUT2D eigenvalue weighted by atomic mass is 35.5. The third kappa shape index (κ3) is 4.44. The number of aliphatic hydroxyl groups is 1. The van der Waals surface area contributed by atoms with E-state index in [0.717, 1.165) is 31.4 Å². The molecule has 1 aliphatic rings. The zero-order valence-electron chi connectivity index (χ0n) is 12.0. The smallest absolute Gasteiger partial charge is 0.123 e. The summed E-state index contributed by atoms with van der Waals surface area (Å²) in [4.78, 5) is 2.35. The molecule has 1 aliphatic heterocycles. The van der Waals surface area contributed by atoms with Gasteiger partial charge >= 0.3 is 0 Å². The summed E-state index contributed by atoms with van der Waals surface area (Å²) in [5, 5.41) is 10.3. The minimum absolute atomic E-state index is 0.244. The number of rotatable bonds is 4. The molecule has 0 amide bonds. The van der Waals surface area contributed by atoms with E-state index >= 15 is 0 Å². The normalized spacial score (nSPS) is 22.5. The molecule has 0 saturated carbocycles. The first-order chi connectivity index (χ1) is 9.56. The molecule has 0 aliphatic carbocycles. The summed E-state index contributed by atoms with van der Waals surface area (Å²) in [6, 6.07) is 4.89. The van der Waals surface area contributed by atoms with E-state index in [4.69, 9.17) is 11.6 Å². The van der Waals surface area contributed by atoms with Crippen molar-refractivity contribution < 1.29 is 9.50 Å². The lowest BCUT2D eigenvalue weighted by molar-refractivity contribution is 0.108. The van der Waals surface area contributed by atoms with Gasteiger partial charge in [-0.1, -0.05) is 24.4 Å². The molecule has 4 heteroatoms. The van der Waals surface area contributed by atoms with Crippen molar-refractivity contribution in [2.75, 3.05) is 6.54 Å². The van der Waals surface area contributed by atoms with Crippen LogP contribution in [0.4, 0.5) is 4.39 Å². The lowest BCUT2D eigenvalue weighted by atomic mass is 10.0. The van der Waals surface area contributed by atoms with Crippen LogP contribution in [0.5, 0.6) is 0 Å². The summed E-state index contributed by atoms with van der Waals surface area (Å²) in [6.07, 6.45) is 5.14. The summed E-state index contributed by atoms with van der Waals surface area (Å²) in [6.45, 7) is 3.48. The maximum Gasteiger partial charge on any atom is 0.123 e. The molecule has 2 nitrogen and oxygen atoms in total. The van der Waals surface area contributed by atoms with Crippen LogP contribution in [0.1, 0.15) is 44.6 Å². The van der Waals surface area contributed by atoms with E-state index in [-0.39, 0.29) is 11.9 Å². The molecule has 112 valence electrons. The Bertz CT molecular complexity index is 438. The molecule has 0 radical (unpaired) electrons. The van der Waals surface area contributed by atoms with Gasteiger partial charge in [0, 0.05) is 17.6 Å². The van der Waals surface area contributed by atoms with Gasteiger partial charge in [0.15, 0.2) is 0 Å². The summed E-state index contributed by atoms with van der Waals surface area (Å²) in [5.74, 6) is -0.244. The molecule has 20 heavy (non-hydrogen) atoms. The van der Waals surface area contributed by atoms with Crippen LogP contribution in [0.15, 0.2) is 18.2 Å². The van der Waals surface area contributed by atoms with E-state index < -0.39 is 0 Å². The fourth-order valence-electron chi connectivity index (χ4n) is 2.99. The Balaban J connectivity index is 2.12. The maximum absolute atomic E-state index is 13.4. The topological polar surface area (TPSA) is 23.5 Å². The zero-order valence-corrected chi connectivity index (χ0v) is 12.7. The van der Waals surface area contributed by atoms with Gasteiger partial charge in [-0.2, -0.15) is 0 Å². The van der Waals surface area contributed by atoms with Gasteiger partial charge < -0.3 is 5.11 Å². The Morgan fingerprint density at radius 3 is 2.95 bits per heavy atom. The third-order valence-corrected chi connectivity index (χ3v) is 4.36. The molecule has 2 rings (SSSR count). The van der Waals surface area contributed by atoms with Gasteiger partial charge in [0.25, 0.3) is 0 Å². The third-order valence-electron chi connectivity index (χ3n) is 3.99. The fraction of sp³-hybridized carbons (Fsp3) is 0.625. The minimum Gasteiger partial charge on any atom is -0.393 e. The van der Waals surface area contributed by atoms with Crippen LogP contribution in [0, 0.1) is 5.82 Å². The molecule has 1 fully saturated rings. The quantitative estimate of drug-likeness (QED) is 0.908. The van der Waals surface area contributed by atoms with E-state index in [2.05, 4.69) is 4.90 Å². The van der Waals surface area contributed by atoms with E-state index in [1.165, 1.54) is 25.0 Å². The molecule has 2 unspecified atom stereocenters. The Hall–Kier alpha value is -0.640. The molecule has 1 heterocycles. The number of hydrogen-bond donors (Lipinski definition) is 1. The summed E-state index contributed by atoms with van der Waals surface area (Å²) < 4.78 is 13.4. The average molecular weight is 300 g/mol. The lowest BCUT2D eigenvalue weighted by Crippen LogP contribution is -2.36. The van der Waals surface area contributed by atoms with Crippen LogP contribution < -0.4 is 0 Å². The van der Waals surface area contributed by atoms with Gasteiger partial charge in [-0.05, 0) is 56.5 Å². The van der Waals surface area contributed by atoms with Gasteiger partial charge in [-0.15, -0.1) is 0 Å². The predicted molar refractivity (Wildman–Crippen MR) is 80.4 cm³/mol. The average Bonchev–Trinajstić information content (AvgIpc) is 2.59. The number of halogens is 2. The van der Waals surface area contributed by atoms with Crippen LogP contribution in [-0.2, 0) is 6.54 Å². The Kier molecular flexibility index (Phi) is 5.82. The number of benzene rings is 1. The van der Waals surface area contributed by atoms with E-state index in [9.17, 15) is 9.50 Å². The van der Waals surface area contributed by atoms with Gasteiger partial charge in [-0.3, -0.25) is 4.90 Å². The van der Waals surface area contributed by atoms with Crippen molar-refractivity contribution in [2.24, 2.45) is 0 Å². The van der Waals surface area contributed by atoms with Crippen molar-refractivity contribution in [3.63, 3.8) is 0 Å². The second kappa shape index (κ2) is 7.39. The van der Waals surface area contributed by atoms with Crippen molar-refractivity contribution in [3.8, 4) is 0 Å². The first-order valence-corrected chi connectivity index (χ1v) is 7.80. The van der Waals surface area contributed by atoms with Gasteiger partial charge in [-0.25, -0.2) is 4.39 Å². The van der Waals surface area contributed by atoms with Crippen molar-refractivity contribution in [2.45, 2.75) is 57.7 Å². The highest BCUT2D eigenvalue weighted by Gasteiger charge is 2.23. The molecular formula is C16H23ClFNO. The van der Waals surface area contributed by atoms with E-state index in [1.54, 1.807) is 6.07 Å². The SMILES string of the molecule is CC(O)CC1CCCCCN1Cc1cc(F)ccc1Cl. The number of likely N-dealkylation sites (tertiary alicyclic amines) is 1. The molecule has 1 aromatic carbocycles. The number of nitrogens with zero attached hydrogens (tertiary/aromatic N) is 1. The lowest BCUT2D eigenvalue weighted by Gasteiger charge is -2.31. The minimum atomic E-state index is -0.302. The molecule has 1 saturated heterocycles. The number of hydrogen-bond acceptors (Lipinski definition) is 2. The first kappa shape index (κ1) is 15.7. The largest absolute Gasteiger partial charge is 0.393 e. The summed E-state index contributed by atoms with van der Waals surface area (Å²) in [5.41, 5.74) is 0.837. The molecule has 1 aromatic rings. The van der Waals surface area contributed by atoms with Crippen LogP contribution in [0.3, 0.4) is 0 Å². The van der Waals surface area contributed by atoms with E-state index in [1.807, 2.05) is 6.92 Å². The maximum atomic E-state index is 13.4. The summed E-state index contributed by atoms with van der Waals surface area (Å²) in [7, 11) is 0. The molecule has 1 N–H and O–H groups in total. The van der Waals surface area contributed by atoms with Crippen molar-refractivity contribution >= 4 is 11.6 Å². The second-order valence-electron chi connectivity index (χ2n) is 5.79. The van der Waals surface area contributed by atoms with Crippen LogP contribution in [-0.4, -0.2) is 28.7 Å². The van der Waals surface area contributed by atoms with Gasteiger partial charge in [0.2, 0.25) is 0 Å². The van der Waals surface area contributed by atoms with Crippen LogP contribution >= 0.6 is 11.6 Å². The molecular weight excluding hydrogens is 277 g/mol. The second-order valence-corrected chi connectivity index (χ2v) is 6.20. The zero-order chi connectivity index (χ0) is 14.5. The number of aliphatic hydroxyl groups excluding tert-OH is 1. The molecule has 2 atom stereocenters. The fourth-order valence-corrected chi connectivity index (χ4v) is 3.17. The van der Waals surface area contributed by atoms with Crippen LogP contribution in [0.25, 0.3) is 0 Å². The van der Waals surface area contributed by atoms with E-state index in [0.29, 0.717) is 17.6 Å². The van der Waals surface area contributed by atoms with Crippen molar-refractivity contribution in [1.82, 2.24) is 4.90 Å². The molecule has 0 spiro atoms. The van der Waals surface area contributed by atoms with Crippen LogP contribution in [0.2, 0.25) is 5.02 Å². The molecule has 0 bridgehead atoms. The Morgan fingerprint density at radius 2 is 2.20 bits per heavy atom. The first-order valence-electron chi connectivity index (χ1n) is 7.42. The van der Waals surface area contributed by atoms with Crippen molar-refractivity contribution in [1.29, 1.82) is 0 Å². The Morgan fingerprint density at radius 1 is 1.40 bits per heavy atom. The Labute approximate surface area is 125 Å². The van der Waals surface area contributed by atoms with Crippen molar-refractivity contribution in [3.05, 3.63) is 34.6 Å². The predicted octanol–water partition coefficient (Wildman–Crippen LogP) is 3.99. The monoisotopic (exact) mass is 299 g/mol. The molecule has 0 aromatic heterocycles. The highest BCUT2D eigenvalue weighted by Crippen LogP contribution is 2.25.